The molecule has 2 unspecified atom stereocenters. The molecule has 4 nitrogen and oxygen atoms in total. The number of benzene rings is 1. The molecule has 1 aromatic carbocycles. The van der Waals surface area contributed by atoms with Gasteiger partial charge in [0, 0.05) is 5.56 Å². The number of nitrogens with zero attached hydrogens (tertiary/aromatic N) is 2. The van der Waals surface area contributed by atoms with Gasteiger partial charge in [-0.2, -0.15) is 4.98 Å². The molecular formula is C15H17F2N3O. The molecular weight excluding hydrogens is 276 g/mol. The molecule has 2 aromatic rings. The highest BCUT2D eigenvalue weighted by atomic mass is 19.2. The van der Waals surface area contributed by atoms with E-state index in [2.05, 4.69) is 22.4 Å². The highest BCUT2D eigenvalue weighted by molar-refractivity contribution is 5.54. The average molecular weight is 293 g/mol. The lowest BCUT2D eigenvalue weighted by Crippen LogP contribution is -2.31. The van der Waals surface area contributed by atoms with Crippen LogP contribution in [0.25, 0.3) is 11.4 Å². The highest BCUT2D eigenvalue weighted by Gasteiger charge is 2.26. The Morgan fingerprint density at radius 3 is 2.95 bits per heavy atom. The van der Waals surface area contributed by atoms with Crippen molar-refractivity contribution < 1.29 is 13.3 Å². The minimum Gasteiger partial charge on any atom is -0.337 e. The Kier molecular flexibility index (Phi) is 3.96. The van der Waals surface area contributed by atoms with Crippen LogP contribution in [0.15, 0.2) is 22.7 Å². The molecule has 0 saturated carbocycles. The standard InChI is InChI=1S/C15H17F2N3O/c1-2-9-5-6-18-13(7-9)15-19-14(20-21-15)10-3-4-11(16)12(17)8-10/h3-4,8-9,13,18H,2,5-7H2,1H3. The van der Waals surface area contributed by atoms with E-state index in [1.165, 1.54) is 6.07 Å². The number of nitrogens with one attached hydrogen (secondary N) is 1. The summed E-state index contributed by atoms with van der Waals surface area (Å²) in [7, 11) is 0. The summed E-state index contributed by atoms with van der Waals surface area (Å²) >= 11 is 0. The topological polar surface area (TPSA) is 51.0 Å². The van der Waals surface area contributed by atoms with Crippen LogP contribution >= 0.6 is 0 Å². The smallest absolute Gasteiger partial charge is 0.244 e. The summed E-state index contributed by atoms with van der Waals surface area (Å²) in [4.78, 5) is 4.31. The number of hydrogen-bond donors (Lipinski definition) is 1. The lowest BCUT2D eigenvalue weighted by atomic mass is 9.90. The van der Waals surface area contributed by atoms with Gasteiger partial charge >= 0.3 is 0 Å². The summed E-state index contributed by atoms with van der Waals surface area (Å²) < 4.78 is 31.5. The first-order valence-electron chi connectivity index (χ1n) is 7.19. The summed E-state index contributed by atoms with van der Waals surface area (Å²) in [5.41, 5.74) is 0.409. The first-order valence-corrected chi connectivity index (χ1v) is 7.19. The molecule has 6 heteroatoms. The van der Waals surface area contributed by atoms with Crippen molar-refractivity contribution in [1.29, 1.82) is 0 Å². The quantitative estimate of drug-likeness (QED) is 0.941. The zero-order chi connectivity index (χ0) is 14.8. The fourth-order valence-corrected chi connectivity index (χ4v) is 2.68. The Bertz CT molecular complexity index is 629. The van der Waals surface area contributed by atoms with Crippen LogP contribution in [0.1, 0.15) is 38.1 Å². The first-order chi connectivity index (χ1) is 10.2. The second-order valence-electron chi connectivity index (χ2n) is 5.39. The molecule has 1 aliphatic rings. The van der Waals surface area contributed by atoms with E-state index in [-0.39, 0.29) is 11.9 Å². The van der Waals surface area contributed by atoms with Crippen LogP contribution in [-0.2, 0) is 0 Å². The van der Waals surface area contributed by atoms with Crippen molar-refractivity contribution in [2.45, 2.75) is 32.2 Å². The number of hydrogen-bond acceptors (Lipinski definition) is 4. The molecule has 1 fully saturated rings. The van der Waals surface area contributed by atoms with Gasteiger partial charge in [0.05, 0.1) is 6.04 Å². The fraction of sp³-hybridized carbons (Fsp3) is 0.467. The third-order valence-corrected chi connectivity index (χ3v) is 4.01. The maximum atomic E-state index is 13.2. The molecule has 0 bridgehead atoms. The predicted octanol–water partition coefficient (Wildman–Crippen LogP) is 3.47. The van der Waals surface area contributed by atoms with E-state index in [9.17, 15) is 8.78 Å². The summed E-state index contributed by atoms with van der Waals surface area (Å²) in [5.74, 6) is -0.366. The number of aromatic nitrogens is 2. The molecule has 1 saturated heterocycles. The van der Waals surface area contributed by atoms with Crippen LogP contribution in [0.4, 0.5) is 8.78 Å². The Morgan fingerprint density at radius 1 is 1.33 bits per heavy atom. The fourth-order valence-electron chi connectivity index (χ4n) is 2.68. The van der Waals surface area contributed by atoms with E-state index in [1.807, 2.05) is 0 Å². The zero-order valence-corrected chi connectivity index (χ0v) is 11.8. The van der Waals surface area contributed by atoms with Gasteiger partial charge in [0.15, 0.2) is 11.6 Å². The maximum absolute atomic E-state index is 13.2. The van der Waals surface area contributed by atoms with E-state index in [4.69, 9.17) is 4.52 Å². The van der Waals surface area contributed by atoms with E-state index in [0.29, 0.717) is 17.4 Å². The van der Waals surface area contributed by atoms with Crippen molar-refractivity contribution in [3.8, 4) is 11.4 Å². The van der Waals surface area contributed by atoms with Gasteiger partial charge in [-0.3, -0.25) is 0 Å². The van der Waals surface area contributed by atoms with Crippen molar-refractivity contribution in [3.63, 3.8) is 0 Å². The maximum Gasteiger partial charge on any atom is 0.244 e. The van der Waals surface area contributed by atoms with E-state index in [0.717, 1.165) is 37.9 Å². The van der Waals surface area contributed by atoms with Crippen LogP contribution < -0.4 is 5.32 Å². The van der Waals surface area contributed by atoms with Crippen molar-refractivity contribution in [3.05, 3.63) is 35.7 Å². The average Bonchev–Trinajstić information content (AvgIpc) is 3.00. The summed E-state index contributed by atoms with van der Waals surface area (Å²) in [6.07, 6.45) is 3.23. The lowest BCUT2D eigenvalue weighted by molar-refractivity contribution is 0.246. The molecule has 0 aliphatic carbocycles. The van der Waals surface area contributed by atoms with Gasteiger partial charge in [0.25, 0.3) is 0 Å². The third kappa shape index (κ3) is 2.95. The first kappa shape index (κ1) is 14.1. The molecule has 2 heterocycles. The minimum absolute atomic E-state index is 0.0373. The van der Waals surface area contributed by atoms with Crippen LogP contribution in [-0.4, -0.2) is 16.7 Å². The number of rotatable bonds is 3. The molecule has 0 spiro atoms. The number of piperidine rings is 1. The van der Waals surface area contributed by atoms with E-state index in [1.54, 1.807) is 0 Å². The second kappa shape index (κ2) is 5.89. The molecule has 0 radical (unpaired) electrons. The normalized spacial score (nSPS) is 22.4. The van der Waals surface area contributed by atoms with Crippen molar-refractivity contribution in [1.82, 2.24) is 15.5 Å². The monoisotopic (exact) mass is 293 g/mol. The van der Waals surface area contributed by atoms with Gasteiger partial charge in [-0.15, -0.1) is 0 Å². The van der Waals surface area contributed by atoms with E-state index < -0.39 is 11.6 Å². The van der Waals surface area contributed by atoms with Gasteiger partial charge in [0.1, 0.15) is 0 Å². The lowest BCUT2D eigenvalue weighted by Gasteiger charge is -2.27. The SMILES string of the molecule is CCC1CCNC(c2nc(-c3ccc(F)c(F)c3)no2)C1. The molecule has 2 atom stereocenters. The Labute approximate surface area is 121 Å². The zero-order valence-electron chi connectivity index (χ0n) is 11.8. The van der Waals surface area contributed by atoms with Crippen molar-refractivity contribution in [2.24, 2.45) is 5.92 Å². The molecule has 0 amide bonds. The molecule has 1 aromatic heterocycles. The molecule has 1 N–H and O–H groups in total. The summed E-state index contributed by atoms with van der Waals surface area (Å²) in [6.45, 7) is 3.10. The highest BCUT2D eigenvalue weighted by Crippen LogP contribution is 2.29. The van der Waals surface area contributed by atoms with Crippen LogP contribution in [0.5, 0.6) is 0 Å². The Balaban J connectivity index is 1.81. The van der Waals surface area contributed by atoms with Crippen LogP contribution in [0, 0.1) is 17.6 Å². The van der Waals surface area contributed by atoms with Gasteiger partial charge in [-0.05, 0) is 43.5 Å². The predicted molar refractivity (Wildman–Crippen MR) is 73.4 cm³/mol. The van der Waals surface area contributed by atoms with E-state index >= 15 is 0 Å². The summed E-state index contributed by atoms with van der Waals surface area (Å²) in [6, 6.07) is 3.62. The minimum atomic E-state index is -0.916. The molecule has 1 aliphatic heterocycles. The molecule has 3 rings (SSSR count). The second-order valence-corrected chi connectivity index (χ2v) is 5.39. The Hall–Kier alpha value is -1.82. The number of halogens is 2. The molecule has 21 heavy (non-hydrogen) atoms. The van der Waals surface area contributed by atoms with Gasteiger partial charge in [-0.1, -0.05) is 18.5 Å². The van der Waals surface area contributed by atoms with Gasteiger partial charge < -0.3 is 9.84 Å². The Morgan fingerprint density at radius 2 is 2.19 bits per heavy atom. The van der Waals surface area contributed by atoms with Gasteiger partial charge in [-0.25, -0.2) is 8.78 Å². The molecule has 112 valence electrons. The van der Waals surface area contributed by atoms with Crippen LogP contribution in [0.3, 0.4) is 0 Å². The third-order valence-electron chi connectivity index (χ3n) is 4.01. The van der Waals surface area contributed by atoms with Crippen molar-refractivity contribution in [2.75, 3.05) is 6.54 Å². The van der Waals surface area contributed by atoms with Crippen LogP contribution in [0.2, 0.25) is 0 Å². The largest absolute Gasteiger partial charge is 0.337 e. The van der Waals surface area contributed by atoms with Gasteiger partial charge in [0.2, 0.25) is 11.7 Å². The summed E-state index contributed by atoms with van der Waals surface area (Å²) in [5, 5.41) is 7.22. The van der Waals surface area contributed by atoms with Crippen molar-refractivity contribution >= 4 is 0 Å².